The summed E-state index contributed by atoms with van der Waals surface area (Å²) in [7, 11) is 0. The molecule has 10 nitrogen and oxygen atoms in total. The number of nitrogens with one attached hydrogen (secondary N) is 1. The number of fused-ring (bicyclic) bond motifs is 2. The third kappa shape index (κ3) is 3.18. The highest BCUT2D eigenvalue weighted by atomic mass is 16.4. The van der Waals surface area contributed by atoms with E-state index in [1.807, 2.05) is 54.8 Å². The van der Waals surface area contributed by atoms with Crippen LogP contribution in [0.3, 0.4) is 0 Å². The molecule has 0 bridgehead atoms. The molecule has 1 atom stereocenters. The molecule has 1 amide bonds. The molecule has 1 aliphatic rings. The topological polar surface area (TPSA) is 118 Å². The highest BCUT2D eigenvalue weighted by Crippen LogP contribution is 2.34. The Morgan fingerprint density at radius 2 is 2.03 bits per heavy atom. The van der Waals surface area contributed by atoms with Gasteiger partial charge in [0.25, 0.3) is 5.89 Å². The number of amides is 1. The second-order valence-electron chi connectivity index (χ2n) is 8.07. The van der Waals surface area contributed by atoms with Crippen molar-refractivity contribution in [1.82, 2.24) is 39.7 Å². The first-order chi connectivity index (χ1) is 16.1. The molecule has 5 aromatic heterocycles. The van der Waals surface area contributed by atoms with Gasteiger partial charge in [0.1, 0.15) is 11.7 Å². The van der Waals surface area contributed by atoms with Gasteiger partial charge in [0, 0.05) is 30.0 Å². The summed E-state index contributed by atoms with van der Waals surface area (Å²) in [4.78, 5) is 27.3. The van der Waals surface area contributed by atoms with Crippen LogP contribution in [0.2, 0.25) is 0 Å². The fourth-order valence-electron chi connectivity index (χ4n) is 4.30. The summed E-state index contributed by atoms with van der Waals surface area (Å²) < 4.78 is 7.61. The lowest BCUT2D eigenvalue weighted by molar-refractivity contribution is 0.0646. The van der Waals surface area contributed by atoms with Crippen LogP contribution in [0, 0.1) is 13.8 Å². The average molecular weight is 440 g/mol. The van der Waals surface area contributed by atoms with Crippen molar-refractivity contribution in [2.24, 2.45) is 0 Å². The van der Waals surface area contributed by atoms with Crippen molar-refractivity contribution >= 4 is 11.4 Å². The van der Waals surface area contributed by atoms with E-state index in [2.05, 4.69) is 25.1 Å². The Balaban J connectivity index is 1.40. The molecule has 0 saturated carbocycles. The molecular formula is C23H20N8O2. The highest BCUT2D eigenvalue weighted by Gasteiger charge is 2.38. The SMILES string of the molecule is Cc1cccc(-c2nnc(C(=O)N3CCc4[nH]cnc4[C@@H]3c3cc4cccc(C)n4n3)o2)n1. The maximum absolute atomic E-state index is 13.5. The third-order valence-corrected chi connectivity index (χ3v) is 5.88. The van der Waals surface area contributed by atoms with Gasteiger partial charge in [0.15, 0.2) is 0 Å². The molecule has 10 heteroatoms. The van der Waals surface area contributed by atoms with Crippen molar-refractivity contribution in [3.63, 3.8) is 0 Å². The molecule has 5 aromatic rings. The van der Waals surface area contributed by atoms with Gasteiger partial charge < -0.3 is 14.3 Å². The van der Waals surface area contributed by atoms with E-state index in [0.29, 0.717) is 18.7 Å². The molecule has 0 aromatic carbocycles. The van der Waals surface area contributed by atoms with Gasteiger partial charge in [-0.05, 0) is 44.2 Å². The molecule has 1 N–H and O–H groups in total. The van der Waals surface area contributed by atoms with Gasteiger partial charge >= 0.3 is 11.8 Å². The molecule has 0 radical (unpaired) electrons. The number of hydrogen-bond acceptors (Lipinski definition) is 7. The van der Waals surface area contributed by atoms with Crippen LogP contribution in [0.5, 0.6) is 0 Å². The summed E-state index contributed by atoms with van der Waals surface area (Å²) in [5.41, 5.74) is 5.80. The van der Waals surface area contributed by atoms with Crippen LogP contribution >= 0.6 is 0 Å². The van der Waals surface area contributed by atoms with Crippen LogP contribution in [0.1, 0.15) is 45.2 Å². The zero-order valence-corrected chi connectivity index (χ0v) is 18.1. The molecule has 1 aliphatic heterocycles. The van der Waals surface area contributed by atoms with Crippen molar-refractivity contribution in [2.45, 2.75) is 26.3 Å². The maximum atomic E-state index is 13.5. The number of rotatable bonds is 3. The van der Waals surface area contributed by atoms with Gasteiger partial charge in [-0.3, -0.25) is 4.79 Å². The Labute approximate surface area is 188 Å². The minimum Gasteiger partial charge on any atom is -0.411 e. The van der Waals surface area contributed by atoms with Crippen molar-refractivity contribution < 1.29 is 9.21 Å². The van der Waals surface area contributed by atoms with Gasteiger partial charge in [0.05, 0.1) is 23.2 Å². The molecule has 6 rings (SSSR count). The van der Waals surface area contributed by atoms with Crippen molar-refractivity contribution in [3.05, 3.63) is 83.2 Å². The second kappa shape index (κ2) is 7.37. The number of carbonyl (C=O) groups is 1. The Morgan fingerprint density at radius 3 is 2.88 bits per heavy atom. The number of aryl methyl sites for hydroxylation is 2. The lowest BCUT2D eigenvalue weighted by Gasteiger charge is -2.32. The molecule has 164 valence electrons. The largest absolute Gasteiger partial charge is 0.411 e. The van der Waals surface area contributed by atoms with Crippen molar-refractivity contribution in [1.29, 1.82) is 0 Å². The number of carbonyl (C=O) groups excluding carboxylic acids is 1. The smallest absolute Gasteiger partial charge is 0.312 e. The Morgan fingerprint density at radius 1 is 1.15 bits per heavy atom. The van der Waals surface area contributed by atoms with Crippen LogP contribution < -0.4 is 0 Å². The summed E-state index contributed by atoms with van der Waals surface area (Å²) >= 11 is 0. The molecule has 33 heavy (non-hydrogen) atoms. The molecule has 0 fully saturated rings. The molecule has 0 spiro atoms. The summed E-state index contributed by atoms with van der Waals surface area (Å²) in [6.45, 7) is 4.33. The van der Waals surface area contributed by atoms with Crippen LogP contribution in [-0.4, -0.2) is 52.1 Å². The van der Waals surface area contributed by atoms with Gasteiger partial charge in [-0.15, -0.1) is 10.2 Å². The monoisotopic (exact) mass is 440 g/mol. The second-order valence-corrected chi connectivity index (χ2v) is 8.07. The first-order valence-corrected chi connectivity index (χ1v) is 10.6. The molecular weight excluding hydrogens is 420 g/mol. The average Bonchev–Trinajstić information content (AvgIpc) is 3.57. The number of imidazole rings is 1. The van der Waals surface area contributed by atoms with E-state index < -0.39 is 6.04 Å². The quantitative estimate of drug-likeness (QED) is 0.458. The summed E-state index contributed by atoms with van der Waals surface area (Å²) in [5, 5.41) is 12.9. The van der Waals surface area contributed by atoms with Gasteiger partial charge in [0.2, 0.25) is 0 Å². The Kier molecular flexibility index (Phi) is 4.32. The molecule has 0 unspecified atom stereocenters. The zero-order chi connectivity index (χ0) is 22.5. The number of nitrogens with zero attached hydrogens (tertiary/aromatic N) is 7. The van der Waals surface area contributed by atoms with E-state index in [9.17, 15) is 4.79 Å². The molecule has 0 saturated heterocycles. The lowest BCUT2D eigenvalue weighted by atomic mass is 9.99. The van der Waals surface area contributed by atoms with E-state index >= 15 is 0 Å². The number of aromatic amines is 1. The Hall–Kier alpha value is -4.34. The van der Waals surface area contributed by atoms with Crippen LogP contribution in [0.4, 0.5) is 0 Å². The summed E-state index contributed by atoms with van der Waals surface area (Å²) in [6, 6.07) is 13.0. The van der Waals surface area contributed by atoms with Gasteiger partial charge in [-0.25, -0.2) is 14.5 Å². The third-order valence-electron chi connectivity index (χ3n) is 5.88. The number of H-pyrrole nitrogens is 1. The number of hydrogen-bond donors (Lipinski definition) is 1. The maximum Gasteiger partial charge on any atom is 0.312 e. The Bertz CT molecular complexity index is 1500. The van der Waals surface area contributed by atoms with E-state index in [0.717, 1.165) is 34.0 Å². The highest BCUT2D eigenvalue weighted by molar-refractivity contribution is 5.90. The fourth-order valence-corrected chi connectivity index (χ4v) is 4.30. The van der Waals surface area contributed by atoms with Gasteiger partial charge in [-0.2, -0.15) is 5.10 Å². The van der Waals surface area contributed by atoms with Crippen molar-refractivity contribution in [3.8, 4) is 11.6 Å². The van der Waals surface area contributed by atoms with E-state index in [4.69, 9.17) is 9.52 Å². The lowest BCUT2D eigenvalue weighted by Crippen LogP contribution is -2.41. The fraction of sp³-hybridized carbons (Fsp3) is 0.217. The standard InChI is InChI=1S/C23H20N8O2/c1-13-5-3-8-17(26-13)21-27-28-22(33-21)23(32)30-10-9-16-19(25-12-24-16)20(30)18-11-15-7-4-6-14(2)31(15)29-18/h3-8,11-12,20H,9-10H2,1-2H3,(H,24,25)/t20-/m0/s1. The summed E-state index contributed by atoms with van der Waals surface area (Å²) in [6.07, 6.45) is 2.30. The normalized spacial score (nSPS) is 15.7. The van der Waals surface area contributed by atoms with E-state index in [1.54, 1.807) is 17.3 Å². The first-order valence-electron chi connectivity index (χ1n) is 10.6. The van der Waals surface area contributed by atoms with Gasteiger partial charge in [-0.1, -0.05) is 12.1 Å². The van der Waals surface area contributed by atoms with E-state index in [-0.39, 0.29) is 17.7 Å². The molecule has 6 heterocycles. The predicted octanol–water partition coefficient (Wildman–Crippen LogP) is 2.91. The van der Waals surface area contributed by atoms with Crippen molar-refractivity contribution in [2.75, 3.05) is 6.54 Å². The minimum atomic E-state index is -0.473. The van der Waals surface area contributed by atoms with Crippen LogP contribution in [0.15, 0.2) is 53.2 Å². The number of pyridine rings is 2. The summed E-state index contributed by atoms with van der Waals surface area (Å²) in [5.74, 6) is -0.245. The predicted molar refractivity (Wildman–Crippen MR) is 117 cm³/mol. The minimum absolute atomic E-state index is 0.0859. The first kappa shape index (κ1) is 19.4. The molecule has 0 aliphatic carbocycles. The van der Waals surface area contributed by atoms with E-state index in [1.165, 1.54) is 0 Å². The van der Waals surface area contributed by atoms with Crippen LogP contribution in [-0.2, 0) is 6.42 Å². The van der Waals surface area contributed by atoms with Crippen LogP contribution in [0.25, 0.3) is 17.1 Å². The zero-order valence-electron chi connectivity index (χ0n) is 18.1. The number of aromatic nitrogens is 7.